The fourth-order valence-electron chi connectivity index (χ4n) is 3.35. The molecule has 3 rings (SSSR count). The number of rotatable bonds is 6. The van der Waals surface area contributed by atoms with Crippen LogP contribution in [0.3, 0.4) is 0 Å². The van der Waals surface area contributed by atoms with Crippen LogP contribution in [0.15, 0.2) is 64.7 Å². The van der Waals surface area contributed by atoms with Crippen molar-refractivity contribution in [1.82, 2.24) is 10.2 Å². The molecule has 0 spiro atoms. The summed E-state index contributed by atoms with van der Waals surface area (Å²) in [7, 11) is 1.81. The van der Waals surface area contributed by atoms with E-state index in [1.165, 1.54) is 0 Å². The Morgan fingerprint density at radius 2 is 1.61 bits per heavy atom. The van der Waals surface area contributed by atoms with Gasteiger partial charge in [-0.25, -0.2) is 9.59 Å². The molecule has 1 aliphatic rings. The minimum Gasteiger partial charge on any atom is -0.459 e. The molecule has 33 heavy (non-hydrogen) atoms. The first kappa shape index (κ1) is 24.6. The number of anilines is 2. The summed E-state index contributed by atoms with van der Waals surface area (Å²) in [5, 5.41) is 9.37. The van der Waals surface area contributed by atoms with Crippen LogP contribution in [0, 0.1) is 0 Å². The van der Waals surface area contributed by atoms with E-state index in [2.05, 4.69) is 16.0 Å². The summed E-state index contributed by atoms with van der Waals surface area (Å²) < 4.78 is 5.47. The molecule has 7 nitrogen and oxygen atoms in total. The van der Waals surface area contributed by atoms with Gasteiger partial charge < -0.3 is 25.6 Å². The summed E-state index contributed by atoms with van der Waals surface area (Å²) in [6.45, 7) is 5.48. The van der Waals surface area contributed by atoms with Crippen molar-refractivity contribution in [2.24, 2.45) is 0 Å². The minimum atomic E-state index is -0.447. The number of carbonyl (C=O) groups is 2. The third-order valence-electron chi connectivity index (χ3n) is 5.17. The van der Waals surface area contributed by atoms with Crippen molar-refractivity contribution in [2.75, 3.05) is 23.9 Å². The Bertz CT molecular complexity index is 1070. The molecule has 9 heteroatoms. The number of carbonyl (C=O) groups excluding carboxylic acids is 2. The van der Waals surface area contributed by atoms with Crippen LogP contribution in [0.2, 0.25) is 0 Å². The monoisotopic (exact) mass is 484 g/mol. The average molecular weight is 485 g/mol. The van der Waals surface area contributed by atoms with Gasteiger partial charge in [-0.05, 0) is 81.2 Å². The van der Waals surface area contributed by atoms with Crippen LogP contribution in [0.5, 0.6) is 0 Å². The Hall–Kier alpha value is -3.04. The molecule has 174 valence electrons. The molecule has 1 heterocycles. The predicted octanol–water partition coefficient (Wildman–Crippen LogP) is 5.14. The van der Waals surface area contributed by atoms with Crippen LogP contribution in [-0.4, -0.2) is 41.4 Å². The largest absolute Gasteiger partial charge is 0.459 e. The summed E-state index contributed by atoms with van der Waals surface area (Å²) >= 11 is 7.07. The molecule has 0 aliphatic carbocycles. The molecule has 0 radical (unpaired) electrons. The normalized spacial score (nSPS) is 15.9. The number of allylic oxidation sites excluding steroid dienone is 1. The van der Waals surface area contributed by atoms with Gasteiger partial charge in [0, 0.05) is 29.0 Å². The number of ether oxygens (including phenoxy) is 1. The van der Waals surface area contributed by atoms with E-state index in [0.29, 0.717) is 22.1 Å². The first-order valence-electron chi connectivity index (χ1n) is 10.5. The molecule has 0 aromatic heterocycles. The SMILES string of the molecule is CSc1ccc(NC(=O)Nc2ccc(C3NC(=S)N(C)C(C)=C3C(=O)OC(C)C)cc2)cc1. The second-order valence-electron chi connectivity index (χ2n) is 7.82. The van der Waals surface area contributed by atoms with Gasteiger partial charge in [-0.3, -0.25) is 0 Å². The number of thioether (sulfide) groups is 1. The maximum absolute atomic E-state index is 12.8. The highest BCUT2D eigenvalue weighted by atomic mass is 32.2. The molecular weight excluding hydrogens is 456 g/mol. The van der Waals surface area contributed by atoms with Gasteiger partial charge in [-0.2, -0.15) is 0 Å². The molecule has 2 aromatic carbocycles. The quantitative estimate of drug-likeness (QED) is 0.298. The predicted molar refractivity (Wildman–Crippen MR) is 137 cm³/mol. The van der Waals surface area contributed by atoms with Gasteiger partial charge in [-0.1, -0.05) is 12.1 Å². The first-order valence-corrected chi connectivity index (χ1v) is 12.1. The lowest BCUT2D eigenvalue weighted by Crippen LogP contribution is -2.46. The summed E-state index contributed by atoms with van der Waals surface area (Å²) in [5.41, 5.74) is 3.41. The highest BCUT2D eigenvalue weighted by Crippen LogP contribution is 2.31. The van der Waals surface area contributed by atoms with Crippen LogP contribution < -0.4 is 16.0 Å². The molecule has 3 N–H and O–H groups in total. The van der Waals surface area contributed by atoms with Gasteiger partial charge in [0.05, 0.1) is 17.7 Å². The number of nitrogens with zero attached hydrogens (tertiary/aromatic N) is 1. The molecular formula is C24H28N4O3S2. The average Bonchev–Trinajstić information content (AvgIpc) is 2.77. The summed E-state index contributed by atoms with van der Waals surface area (Å²) in [6, 6.07) is 14.1. The second-order valence-corrected chi connectivity index (χ2v) is 9.09. The third kappa shape index (κ3) is 6.06. The van der Waals surface area contributed by atoms with Crippen LogP contribution in [0.25, 0.3) is 0 Å². The molecule has 0 saturated heterocycles. The van der Waals surface area contributed by atoms with E-state index < -0.39 is 6.04 Å². The molecule has 1 atom stereocenters. The highest BCUT2D eigenvalue weighted by molar-refractivity contribution is 7.98. The van der Waals surface area contributed by atoms with E-state index in [9.17, 15) is 9.59 Å². The van der Waals surface area contributed by atoms with Crippen molar-refractivity contribution in [3.63, 3.8) is 0 Å². The van der Waals surface area contributed by atoms with Gasteiger partial charge in [0.15, 0.2) is 5.11 Å². The van der Waals surface area contributed by atoms with Crippen molar-refractivity contribution >= 4 is 52.5 Å². The van der Waals surface area contributed by atoms with E-state index in [1.807, 2.05) is 70.5 Å². The van der Waals surface area contributed by atoms with Crippen molar-refractivity contribution in [3.05, 3.63) is 65.4 Å². The Morgan fingerprint density at radius 3 is 2.12 bits per heavy atom. The zero-order chi connectivity index (χ0) is 24.1. The number of hydrogen-bond acceptors (Lipinski definition) is 5. The van der Waals surface area contributed by atoms with Crippen LogP contribution in [-0.2, 0) is 9.53 Å². The molecule has 0 saturated carbocycles. The van der Waals surface area contributed by atoms with Gasteiger partial charge in [0.1, 0.15) is 0 Å². The van der Waals surface area contributed by atoms with Crippen molar-refractivity contribution in [3.8, 4) is 0 Å². The Labute approximate surface area is 204 Å². The van der Waals surface area contributed by atoms with Crippen LogP contribution >= 0.6 is 24.0 Å². The van der Waals surface area contributed by atoms with Gasteiger partial charge in [0.25, 0.3) is 0 Å². The van der Waals surface area contributed by atoms with Crippen molar-refractivity contribution < 1.29 is 14.3 Å². The summed E-state index contributed by atoms with van der Waals surface area (Å²) in [4.78, 5) is 28.1. The summed E-state index contributed by atoms with van der Waals surface area (Å²) in [6.07, 6.45) is 1.76. The van der Waals surface area contributed by atoms with Gasteiger partial charge in [-0.15, -0.1) is 11.8 Å². The molecule has 1 aliphatic heterocycles. The fraction of sp³-hybridized carbons (Fsp3) is 0.292. The number of benzene rings is 2. The first-order chi connectivity index (χ1) is 15.7. The zero-order valence-corrected chi connectivity index (χ0v) is 20.9. The Balaban J connectivity index is 1.75. The summed E-state index contributed by atoms with van der Waals surface area (Å²) in [5.74, 6) is -0.386. The van der Waals surface area contributed by atoms with Gasteiger partial charge in [0.2, 0.25) is 0 Å². The number of urea groups is 1. The van der Waals surface area contributed by atoms with Crippen molar-refractivity contribution in [1.29, 1.82) is 0 Å². The van der Waals surface area contributed by atoms with E-state index >= 15 is 0 Å². The minimum absolute atomic E-state index is 0.236. The number of nitrogens with one attached hydrogen (secondary N) is 3. The van der Waals surface area contributed by atoms with Crippen LogP contribution in [0.4, 0.5) is 16.2 Å². The zero-order valence-electron chi connectivity index (χ0n) is 19.3. The van der Waals surface area contributed by atoms with E-state index in [0.717, 1.165) is 16.2 Å². The lowest BCUT2D eigenvalue weighted by Gasteiger charge is -2.35. The number of esters is 1. The maximum atomic E-state index is 12.8. The lowest BCUT2D eigenvalue weighted by molar-refractivity contribution is -0.143. The van der Waals surface area contributed by atoms with E-state index in [-0.39, 0.29) is 18.1 Å². The number of thiocarbonyl (C=S) groups is 1. The Kier molecular flexibility index (Phi) is 7.99. The topological polar surface area (TPSA) is 82.7 Å². The Morgan fingerprint density at radius 1 is 1.06 bits per heavy atom. The standard InChI is InChI=1S/C24H28N4O3S2/c1-14(2)31-22(29)20-15(3)28(4)24(32)27-21(20)16-6-8-17(9-7-16)25-23(30)26-18-10-12-19(33-5)13-11-18/h6-14,21H,1-5H3,(H,27,32)(H2,25,26,30). The van der Waals surface area contributed by atoms with Crippen molar-refractivity contribution in [2.45, 2.75) is 37.8 Å². The smallest absolute Gasteiger partial charge is 0.338 e. The number of amides is 2. The van der Waals surface area contributed by atoms with E-state index in [1.54, 1.807) is 28.8 Å². The second kappa shape index (κ2) is 10.7. The molecule has 0 bridgehead atoms. The van der Waals surface area contributed by atoms with E-state index in [4.69, 9.17) is 17.0 Å². The van der Waals surface area contributed by atoms with Crippen LogP contribution in [0.1, 0.15) is 32.4 Å². The number of hydrogen-bond donors (Lipinski definition) is 3. The molecule has 2 amide bonds. The molecule has 0 fully saturated rings. The van der Waals surface area contributed by atoms with Gasteiger partial charge >= 0.3 is 12.0 Å². The molecule has 2 aromatic rings. The third-order valence-corrected chi connectivity index (χ3v) is 6.30. The molecule has 1 unspecified atom stereocenters. The maximum Gasteiger partial charge on any atom is 0.338 e. The highest BCUT2D eigenvalue weighted by Gasteiger charge is 2.33. The lowest BCUT2D eigenvalue weighted by atomic mass is 9.95. The fourth-order valence-corrected chi connectivity index (χ4v) is 4.02.